The van der Waals surface area contributed by atoms with Gasteiger partial charge in [0.25, 0.3) is 0 Å². The van der Waals surface area contributed by atoms with Crippen molar-refractivity contribution in [2.24, 2.45) is 5.92 Å². The molecule has 3 heterocycles. The van der Waals surface area contributed by atoms with Crippen molar-refractivity contribution in [2.75, 3.05) is 45.1 Å². The van der Waals surface area contributed by atoms with Crippen LogP contribution in [0.25, 0.3) is 5.69 Å². The third-order valence-electron chi connectivity index (χ3n) is 5.89. The molecule has 0 aliphatic carbocycles. The third kappa shape index (κ3) is 4.61. The maximum Gasteiger partial charge on any atom is 0.248 e. The fourth-order valence-corrected chi connectivity index (χ4v) is 4.11. The van der Waals surface area contributed by atoms with Gasteiger partial charge < -0.3 is 20.3 Å². The van der Waals surface area contributed by atoms with Gasteiger partial charge in [0.1, 0.15) is 12.4 Å². The molecular weight excluding hydrogens is 398 g/mol. The molecule has 2 fully saturated rings. The van der Waals surface area contributed by atoms with E-state index in [0.29, 0.717) is 50.5 Å². The van der Waals surface area contributed by atoms with Crippen LogP contribution in [-0.2, 0) is 14.3 Å². The monoisotopic (exact) mass is 425 g/mol. The molecule has 1 unspecified atom stereocenters. The average Bonchev–Trinajstić information content (AvgIpc) is 3.51. The van der Waals surface area contributed by atoms with Crippen molar-refractivity contribution in [3.63, 3.8) is 0 Å². The van der Waals surface area contributed by atoms with Crippen LogP contribution in [0, 0.1) is 5.92 Å². The Morgan fingerprint density at radius 1 is 1.19 bits per heavy atom. The lowest BCUT2D eigenvalue weighted by Crippen LogP contribution is -2.34. The number of para-hydroxylation sites is 1. The lowest BCUT2D eigenvalue weighted by molar-refractivity contribution is -0.135. The first-order valence-electron chi connectivity index (χ1n) is 10.6. The number of likely N-dealkylation sites (tertiary alicyclic amines) is 2. The molecule has 0 bridgehead atoms. The highest BCUT2D eigenvalue weighted by atomic mass is 16.5. The maximum atomic E-state index is 13.0. The quantitative estimate of drug-likeness (QED) is 0.501. The van der Waals surface area contributed by atoms with Crippen LogP contribution >= 0.6 is 0 Å². The predicted octanol–water partition coefficient (Wildman–Crippen LogP) is 1.12. The van der Waals surface area contributed by atoms with Crippen molar-refractivity contribution in [2.45, 2.75) is 19.3 Å². The molecule has 0 spiro atoms. The van der Waals surface area contributed by atoms with E-state index in [0.717, 1.165) is 18.7 Å². The van der Waals surface area contributed by atoms with Gasteiger partial charge in [-0.15, -0.1) is 0 Å². The van der Waals surface area contributed by atoms with Gasteiger partial charge in [0.2, 0.25) is 11.8 Å². The number of nitrogens with two attached hydrogens (primary N) is 1. The highest BCUT2D eigenvalue weighted by Gasteiger charge is 2.33. The van der Waals surface area contributed by atoms with Gasteiger partial charge in [-0.25, -0.2) is 4.68 Å². The van der Waals surface area contributed by atoms with Crippen molar-refractivity contribution >= 4 is 23.4 Å². The summed E-state index contributed by atoms with van der Waals surface area (Å²) in [5, 5.41) is 4.26. The summed E-state index contributed by atoms with van der Waals surface area (Å²) in [5.74, 6) is -0.0900. The molecule has 2 N–H and O–H groups in total. The van der Waals surface area contributed by atoms with Crippen LogP contribution in [0.3, 0.4) is 0 Å². The molecule has 2 aliphatic heterocycles. The van der Waals surface area contributed by atoms with Crippen molar-refractivity contribution in [1.82, 2.24) is 19.6 Å². The van der Waals surface area contributed by atoms with Gasteiger partial charge in [0.15, 0.2) is 5.78 Å². The first-order valence-corrected chi connectivity index (χ1v) is 10.6. The number of Topliss-reactive ketones (excluding diaryl/α,β-unsaturated/α-hetero) is 1. The van der Waals surface area contributed by atoms with Gasteiger partial charge in [0, 0.05) is 38.5 Å². The second-order valence-corrected chi connectivity index (χ2v) is 7.92. The molecule has 164 valence electrons. The van der Waals surface area contributed by atoms with Gasteiger partial charge >= 0.3 is 0 Å². The molecule has 0 saturated carbocycles. The van der Waals surface area contributed by atoms with Crippen LogP contribution in [0.15, 0.2) is 36.5 Å². The minimum atomic E-state index is -0.304. The number of anilines is 1. The van der Waals surface area contributed by atoms with Gasteiger partial charge in [-0.05, 0) is 25.0 Å². The van der Waals surface area contributed by atoms with E-state index in [1.807, 2.05) is 30.3 Å². The number of benzene rings is 1. The highest BCUT2D eigenvalue weighted by Crippen LogP contribution is 2.25. The summed E-state index contributed by atoms with van der Waals surface area (Å²) >= 11 is 0. The van der Waals surface area contributed by atoms with Crippen LogP contribution in [0.1, 0.15) is 29.6 Å². The molecule has 1 aromatic heterocycles. The van der Waals surface area contributed by atoms with E-state index < -0.39 is 0 Å². The average molecular weight is 425 g/mol. The van der Waals surface area contributed by atoms with Crippen molar-refractivity contribution in [3.05, 3.63) is 42.1 Å². The molecule has 2 saturated heterocycles. The first-order chi connectivity index (χ1) is 15.0. The molecule has 1 aromatic carbocycles. The van der Waals surface area contributed by atoms with E-state index in [9.17, 15) is 14.4 Å². The lowest BCUT2D eigenvalue weighted by atomic mass is 9.98. The Kier molecular flexibility index (Phi) is 6.31. The maximum absolute atomic E-state index is 13.0. The molecule has 1 atom stereocenters. The second-order valence-electron chi connectivity index (χ2n) is 7.92. The van der Waals surface area contributed by atoms with Crippen LogP contribution in [0.5, 0.6) is 0 Å². The SMILES string of the molecule is Nc1c(C(=O)C2CCN(C(=O)COCCN3CCCC3=O)C2)cnn1-c1ccccc1. The molecule has 31 heavy (non-hydrogen) atoms. The van der Waals surface area contributed by atoms with Crippen LogP contribution < -0.4 is 5.73 Å². The molecule has 2 amide bonds. The largest absolute Gasteiger partial charge is 0.383 e. The zero-order valence-corrected chi connectivity index (χ0v) is 17.4. The number of ketones is 1. The number of aromatic nitrogens is 2. The standard InChI is InChI=1S/C22H27N5O4/c23-22-18(13-24-27(22)17-5-2-1-3-6-17)21(30)16-8-10-26(14-16)20(29)15-31-12-11-25-9-4-7-19(25)28/h1-3,5-6,13,16H,4,7-12,14-15,23H2. The number of nitrogens with zero attached hydrogens (tertiary/aromatic N) is 4. The van der Waals surface area contributed by atoms with E-state index in [1.165, 1.54) is 6.20 Å². The van der Waals surface area contributed by atoms with Crippen LogP contribution in [-0.4, -0.2) is 76.6 Å². The number of rotatable bonds is 8. The number of hydrogen-bond donors (Lipinski definition) is 1. The van der Waals surface area contributed by atoms with Crippen molar-refractivity contribution in [1.29, 1.82) is 0 Å². The molecule has 4 rings (SSSR count). The summed E-state index contributed by atoms with van der Waals surface area (Å²) in [5.41, 5.74) is 7.36. The highest BCUT2D eigenvalue weighted by molar-refractivity contribution is 6.02. The summed E-state index contributed by atoms with van der Waals surface area (Å²) in [6.07, 6.45) is 3.56. The summed E-state index contributed by atoms with van der Waals surface area (Å²) in [7, 11) is 0. The minimum Gasteiger partial charge on any atom is -0.383 e. The van der Waals surface area contributed by atoms with Gasteiger partial charge in [0.05, 0.1) is 24.1 Å². The topological polar surface area (TPSA) is 111 Å². The molecule has 2 aliphatic rings. The smallest absolute Gasteiger partial charge is 0.248 e. The Morgan fingerprint density at radius 2 is 2.00 bits per heavy atom. The summed E-state index contributed by atoms with van der Waals surface area (Å²) in [6, 6.07) is 9.39. The zero-order chi connectivity index (χ0) is 21.8. The van der Waals surface area contributed by atoms with Gasteiger partial charge in [-0.2, -0.15) is 5.10 Å². The fourth-order valence-electron chi connectivity index (χ4n) is 4.11. The summed E-state index contributed by atoms with van der Waals surface area (Å²) in [4.78, 5) is 40.4. The number of hydrogen-bond acceptors (Lipinski definition) is 6. The molecule has 9 heteroatoms. The minimum absolute atomic E-state index is 0.0446. The van der Waals surface area contributed by atoms with Gasteiger partial charge in [-0.1, -0.05) is 18.2 Å². The van der Waals surface area contributed by atoms with Crippen molar-refractivity contribution < 1.29 is 19.1 Å². The van der Waals surface area contributed by atoms with E-state index >= 15 is 0 Å². The second kappa shape index (κ2) is 9.30. The summed E-state index contributed by atoms with van der Waals surface area (Å²) < 4.78 is 7.01. The Labute approximate surface area is 180 Å². The number of amides is 2. The Hall–Kier alpha value is -3.20. The van der Waals surface area contributed by atoms with E-state index in [2.05, 4.69) is 5.10 Å². The molecule has 0 radical (unpaired) electrons. The van der Waals surface area contributed by atoms with E-state index in [-0.39, 0.29) is 30.1 Å². The summed E-state index contributed by atoms with van der Waals surface area (Å²) in [6.45, 7) is 2.42. The van der Waals surface area contributed by atoms with E-state index in [1.54, 1.807) is 14.5 Å². The first kappa shape index (κ1) is 21.0. The molecular formula is C22H27N5O4. The Morgan fingerprint density at radius 3 is 2.74 bits per heavy atom. The lowest BCUT2D eigenvalue weighted by Gasteiger charge is -2.18. The number of nitrogen functional groups attached to an aromatic ring is 1. The van der Waals surface area contributed by atoms with Crippen LogP contribution in [0.2, 0.25) is 0 Å². The zero-order valence-electron chi connectivity index (χ0n) is 17.4. The Balaban J connectivity index is 1.27. The third-order valence-corrected chi connectivity index (χ3v) is 5.89. The number of carbonyl (C=O) groups is 3. The van der Waals surface area contributed by atoms with E-state index in [4.69, 9.17) is 10.5 Å². The Bertz CT molecular complexity index is 958. The number of carbonyl (C=O) groups excluding carboxylic acids is 3. The normalized spacial score (nSPS) is 18.7. The molecule has 9 nitrogen and oxygen atoms in total. The molecule has 2 aromatic rings. The fraction of sp³-hybridized carbons (Fsp3) is 0.455. The van der Waals surface area contributed by atoms with Gasteiger partial charge in [-0.3, -0.25) is 14.4 Å². The predicted molar refractivity (Wildman–Crippen MR) is 114 cm³/mol. The number of ether oxygens (including phenoxy) is 1. The van der Waals surface area contributed by atoms with Crippen molar-refractivity contribution in [3.8, 4) is 5.69 Å². The van der Waals surface area contributed by atoms with Crippen LogP contribution in [0.4, 0.5) is 5.82 Å².